The number of piperazine rings is 1. The third-order valence-electron chi connectivity index (χ3n) is 12.9. The standard InChI is InChI=1S/C48H55ClFN9O6S/c1-65-41-28-38-34(46(52-30-51-38)53-31-12-13-37(50)36(49)26-31)27-39(41)54-43(60)10-7-18-56-19-16-32(17-20-56)57-21-23-58(24-22-57)45(62)11-4-2-3-5-25-66-42-9-6-8-33-35(42)29-59(48(33)64)40-14-15-44(61)55-47(40)63/h6-10,12-13,26-28,30,32,40H,2-5,11,14-25,29H2,1H3,(H,54,60)(H,51,52,53)(H,55,61,63)/b10-7+. The Labute approximate surface area is 392 Å². The Kier molecular flexibility index (Phi) is 15.5. The molecule has 5 heterocycles. The average molecular weight is 941 g/mol. The van der Waals surface area contributed by atoms with E-state index in [0.29, 0.717) is 71.4 Å². The van der Waals surface area contributed by atoms with E-state index in [9.17, 15) is 28.4 Å². The van der Waals surface area contributed by atoms with Gasteiger partial charge < -0.3 is 25.2 Å². The van der Waals surface area contributed by atoms with Gasteiger partial charge in [-0.3, -0.25) is 39.1 Å². The molecule has 3 fully saturated rings. The van der Waals surface area contributed by atoms with Crippen molar-refractivity contribution < 1.29 is 33.1 Å². The van der Waals surface area contributed by atoms with Crippen molar-refractivity contribution in [2.24, 2.45) is 0 Å². The number of anilines is 3. The molecule has 3 saturated heterocycles. The predicted molar refractivity (Wildman–Crippen MR) is 252 cm³/mol. The maximum atomic E-state index is 13.7. The van der Waals surface area contributed by atoms with Crippen molar-refractivity contribution in [3.05, 3.63) is 89.0 Å². The first-order valence-corrected chi connectivity index (χ1v) is 24.1. The lowest BCUT2D eigenvalue weighted by atomic mass is 10.0. The molecule has 3 N–H and O–H groups in total. The Bertz CT molecular complexity index is 2500. The van der Waals surface area contributed by atoms with E-state index in [4.69, 9.17) is 16.3 Å². The van der Waals surface area contributed by atoms with Gasteiger partial charge in [-0.15, -0.1) is 11.8 Å². The number of carbonyl (C=O) groups excluding carboxylic acids is 5. The summed E-state index contributed by atoms with van der Waals surface area (Å²) in [5.74, 6) is 0.393. The highest BCUT2D eigenvalue weighted by Crippen LogP contribution is 2.36. The number of piperidine rings is 2. The predicted octanol–water partition coefficient (Wildman–Crippen LogP) is 6.78. The molecule has 18 heteroatoms. The van der Waals surface area contributed by atoms with Gasteiger partial charge in [0.25, 0.3) is 5.91 Å². The zero-order valence-electron chi connectivity index (χ0n) is 37.0. The monoisotopic (exact) mass is 939 g/mol. The van der Waals surface area contributed by atoms with Crippen LogP contribution in [-0.4, -0.2) is 130 Å². The Balaban J connectivity index is 0.701. The molecule has 0 aliphatic carbocycles. The molecule has 0 bridgehead atoms. The highest BCUT2D eigenvalue weighted by molar-refractivity contribution is 7.99. The molecular formula is C48H55ClFN9O6S. The van der Waals surface area contributed by atoms with E-state index in [2.05, 4.69) is 35.7 Å². The van der Waals surface area contributed by atoms with Crippen molar-refractivity contribution >= 4 is 81.0 Å². The van der Waals surface area contributed by atoms with E-state index < -0.39 is 17.8 Å². The van der Waals surface area contributed by atoms with Crippen LogP contribution >= 0.6 is 23.4 Å². The number of nitrogens with zero attached hydrogens (tertiary/aromatic N) is 6. The molecule has 1 unspecified atom stereocenters. The molecule has 0 saturated carbocycles. The van der Waals surface area contributed by atoms with Crippen LogP contribution in [0.4, 0.5) is 21.6 Å². The number of benzene rings is 3. The Morgan fingerprint density at radius 1 is 0.970 bits per heavy atom. The number of unbranched alkanes of at least 4 members (excludes halogenated alkanes) is 3. The van der Waals surface area contributed by atoms with Crippen molar-refractivity contribution in [2.45, 2.75) is 81.3 Å². The average Bonchev–Trinajstić information content (AvgIpc) is 3.66. The number of rotatable bonds is 17. The van der Waals surface area contributed by atoms with Gasteiger partial charge in [-0.05, 0) is 92.9 Å². The maximum absolute atomic E-state index is 13.7. The fraction of sp³-hybridized carbons (Fsp3) is 0.438. The highest BCUT2D eigenvalue weighted by atomic mass is 35.5. The number of ether oxygens (including phenoxy) is 1. The number of nitrogens with one attached hydrogen (secondary N) is 3. The number of thioether (sulfide) groups is 1. The van der Waals surface area contributed by atoms with Gasteiger partial charge in [-0.2, -0.15) is 0 Å². The minimum Gasteiger partial charge on any atom is -0.494 e. The van der Waals surface area contributed by atoms with Crippen molar-refractivity contribution in [2.75, 3.05) is 69.3 Å². The van der Waals surface area contributed by atoms with Crippen LogP contribution in [0.15, 0.2) is 71.9 Å². The SMILES string of the molecule is COc1cc2ncnc(Nc3ccc(F)c(Cl)c3)c2cc1NC(=O)/C=C/CN1CCC(N2CCN(C(=O)CCCCCCSc3cccc4c3CN(C3CCC(=O)NC3=O)C4=O)CC2)CC1. The fourth-order valence-corrected chi connectivity index (χ4v) is 10.5. The van der Waals surface area contributed by atoms with Gasteiger partial charge in [0.2, 0.25) is 23.6 Å². The second-order valence-electron chi connectivity index (χ2n) is 17.1. The Hall–Kier alpha value is -5.62. The van der Waals surface area contributed by atoms with E-state index in [-0.39, 0.29) is 35.1 Å². The molecule has 66 heavy (non-hydrogen) atoms. The van der Waals surface area contributed by atoms with E-state index in [1.54, 1.807) is 34.9 Å². The summed E-state index contributed by atoms with van der Waals surface area (Å²) in [6.45, 7) is 6.18. The Morgan fingerprint density at radius 2 is 1.77 bits per heavy atom. The lowest BCUT2D eigenvalue weighted by molar-refractivity contribution is -0.137. The molecular weight excluding hydrogens is 885 g/mol. The van der Waals surface area contributed by atoms with E-state index in [1.165, 1.54) is 31.6 Å². The van der Waals surface area contributed by atoms with Crippen LogP contribution in [0.5, 0.6) is 5.75 Å². The number of carbonyl (C=O) groups is 5. The van der Waals surface area contributed by atoms with Crippen LogP contribution in [0.3, 0.4) is 0 Å². The van der Waals surface area contributed by atoms with Crippen LogP contribution in [0.2, 0.25) is 5.02 Å². The van der Waals surface area contributed by atoms with E-state index in [0.717, 1.165) is 94.0 Å². The van der Waals surface area contributed by atoms with E-state index >= 15 is 0 Å². The number of likely N-dealkylation sites (tertiary alicyclic amines) is 1. The minimum atomic E-state index is -0.617. The zero-order valence-corrected chi connectivity index (χ0v) is 38.6. The largest absolute Gasteiger partial charge is 0.494 e. The topological polar surface area (TPSA) is 169 Å². The maximum Gasteiger partial charge on any atom is 0.255 e. The summed E-state index contributed by atoms with van der Waals surface area (Å²) >= 11 is 7.71. The highest BCUT2D eigenvalue weighted by Gasteiger charge is 2.40. The van der Waals surface area contributed by atoms with Gasteiger partial charge in [0.1, 0.15) is 29.8 Å². The Morgan fingerprint density at radius 3 is 2.55 bits per heavy atom. The number of imide groups is 1. The van der Waals surface area contributed by atoms with Crippen molar-refractivity contribution in [3.63, 3.8) is 0 Å². The number of fused-ring (bicyclic) bond motifs is 2. The molecule has 8 rings (SSSR count). The molecule has 4 aliphatic heterocycles. The molecule has 3 aromatic carbocycles. The van der Waals surface area contributed by atoms with Gasteiger partial charge in [0, 0.05) is 91.8 Å². The van der Waals surface area contributed by atoms with Crippen molar-refractivity contribution in [1.82, 2.24) is 34.9 Å². The lowest BCUT2D eigenvalue weighted by Gasteiger charge is -2.42. The lowest BCUT2D eigenvalue weighted by Crippen LogP contribution is -2.54. The molecule has 4 aliphatic rings. The first-order chi connectivity index (χ1) is 32.0. The van der Waals surface area contributed by atoms with Gasteiger partial charge in [0.05, 0.1) is 23.3 Å². The molecule has 4 aromatic rings. The van der Waals surface area contributed by atoms with Crippen LogP contribution < -0.4 is 20.7 Å². The first-order valence-electron chi connectivity index (χ1n) is 22.7. The van der Waals surface area contributed by atoms with Crippen LogP contribution in [0.25, 0.3) is 10.9 Å². The molecule has 15 nitrogen and oxygen atoms in total. The fourth-order valence-electron chi connectivity index (χ4n) is 9.21. The molecule has 1 aromatic heterocycles. The molecule has 0 spiro atoms. The van der Waals surface area contributed by atoms with Gasteiger partial charge in [-0.25, -0.2) is 14.4 Å². The number of hydrogen-bond acceptors (Lipinski definition) is 12. The number of methoxy groups -OCH3 is 1. The molecule has 348 valence electrons. The van der Waals surface area contributed by atoms with E-state index in [1.807, 2.05) is 29.2 Å². The molecule has 5 amide bonds. The van der Waals surface area contributed by atoms with Crippen molar-refractivity contribution in [3.8, 4) is 5.75 Å². The third-order valence-corrected chi connectivity index (χ3v) is 14.3. The van der Waals surface area contributed by atoms with Gasteiger partial charge in [0.15, 0.2) is 0 Å². The quantitative estimate of drug-likeness (QED) is 0.0440. The number of amides is 5. The number of hydrogen-bond donors (Lipinski definition) is 3. The number of halogens is 2. The zero-order chi connectivity index (χ0) is 46.2. The normalized spacial score (nSPS) is 18.5. The van der Waals surface area contributed by atoms with Gasteiger partial charge >= 0.3 is 0 Å². The number of aromatic nitrogens is 2. The van der Waals surface area contributed by atoms with Crippen LogP contribution in [0, 0.1) is 5.82 Å². The molecule has 0 radical (unpaired) electrons. The summed E-state index contributed by atoms with van der Waals surface area (Å²) in [4.78, 5) is 81.6. The summed E-state index contributed by atoms with van der Waals surface area (Å²) < 4.78 is 19.3. The summed E-state index contributed by atoms with van der Waals surface area (Å²) in [7, 11) is 1.52. The van der Waals surface area contributed by atoms with Crippen LogP contribution in [0.1, 0.15) is 73.7 Å². The summed E-state index contributed by atoms with van der Waals surface area (Å²) in [6, 6.07) is 13.4. The molecule has 1 atom stereocenters. The minimum absolute atomic E-state index is 0.0178. The van der Waals surface area contributed by atoms with Gasteiger partial charge in [-0.1, -0.05) is 36.6 Å². The summed E-state index contributed by atoms with van der Waals surface area (Å²) in [6.07, 6.45) is 11.9. The first kappa shape index (κ1) is 46.9. The second-order valence-corrected chi connectivity index (χ2v) is 18.6. The van der Waals surface area contributed by atoms with Crippen molar-refractivity contribution in [1.29, 1.82) is 0 Å². The summed E-state index contributed by atoms with van der Waals surface area (Å²) in [5, 5.41) is 9.05. The third kappa shape index (κ3) is 11.3. The second kappa shape index (κ2) is 21.8. The summed E-state index contributed by atoms with van der Waals surface area (Å²) in [5.41, 5.74) is 3.19. The smallest absolute Gasteiger partial charge is 0.255 e. The van der Waals surface area contributed by atoms with Crippen LogP contribution in [-0.2, 0) is 25.7 Å².